The standard InChI is InChI=1S/C20H24N2O7/c1-12-7-8-15(26-3)13(9-12)11-21(2)20(23)14-10-16(27-4)18(28-5)19(29-6)17(14)22(24)25/h7-10H,11H2,1-6H3. The van der Waals surface area contributed by atoms with Gasteiger partial charge in [0.2, 0.25) is 11.5 Å². The average Bonchev–Trinajstić information content (AvgIpc) is 2.71. The van der Waals surface area contributed by atoms with Crippen LogP contribution in [0, 0.1) is 17.0 Å². The van der Waals surface area contributed by atoms with Crippen LogP contribution in [0.15, 0.2) is 24.3 Å². The molecule has 2 rings (SSSR count). The van der Waals surface area contributed by atoms with Crippen LogP contribution in [0.1, 0.15) is 21.5 Å². The Hall–Kier alpha value is -3.49. The zero-order valence-electron chi connectivity index (χ0n) is 17.3. The summed E-state index contributed by atoms with van der Waals surface area (Å²) >= 11 is 0. The number of hydrogen-bond donors (Lipinski definition) is 0. The van der Waals surface area contributed by atoms with Crippen molar-refractivity contribution < 1.29 is 28.7 Å². The van der Waals surface area contributed by atoms with Gasteiger partial charge in [0.1, 0.15) is 11.3 Å². The number of nitro groups is 1. The van der Waals surface area contributed by atoms with E-state index in [-0.39, 0.29) is 29.4 Å². The quantitative estimate of drug-likeness (QED) is 0.492. The van der Waals surface area contributed by atoms with Crippen molar-refractivity contribution in [2.24, 2.45) is 0 Å². The number of nitrogens with zero attached hydrogens (tertiary/aromatic N) is 2. The van der Waals surface area contributed by atoms with Crippen molar-refractivity contribution in [2.75, 3.05) is 35.5 Å². The van der Waals surface area contributed by atoms with E-state index in [1.165, 1.54) is 32.3 Å². The van der Waals surface area contributed by atoms with E-state index >= 15 is 0 Å². The molecule has 9 heteroatoms. The number of methoxy groups -OCH3 is 4. The summed E-state index contributed by atoms with van der Waals surface area (Å²) in [7, 11) is 7.07. The first kappa shape index (κ1) is 21.8. The molecule has 1 amide bonds. The average molecular weight is 404 g/mol. The van der Waals surface area contributed by atoms with Gasteiger partial charge in [0, 0.05) is 25.2 Å². The van der Waals surface area contributed by atoms with E-state index in [0.717, 1.165) is 11.1 Å². The van der Waals surface area contributed by atoms with Gasteiger partial charge in [-0.3, -0.25) is 14.9 Å². The van der Waals surface area contributed by atoms with Crippen molar-refractivity contribution in [2.45, 2.75) is 13.5 Å². The fraction of sp³-hybridized carbons (Fsp3) is 0.350. The van der Waals surface area contributed by atoms with Crippen LogP contribution in [0.2, 0.25) is 0 Å². The third-order valence-electron chi connectivity index (χ3n) is 4.41. The van der Waals surface area contributed by atoms with E-state index in [4.69, 9.17) is 18.9 Å². The minimum absolute atomic E-state index is 0.0428. The first-order chi connectivity index (χ1) is 13.8. The van der Waals surface area contributed by atoms with Crippen LogP contribution >= 0.6 is 0 Å². The summed E-state index contributed by atoms with van der Waals surface area (Å²) in [6.45, 7) is 2.12. The molecular formula is C20H24N2O7. The first-order valence-corrected chi connectivity index (χ1v) is 8.65. The van der Waals surface area contributed by atoms with Gasteiger partial charge in [-0.1, -0.05) is 17.7 Å². The van der Waals surface area contributed by atoms with Gasteiger partial charge in [-0.25, -0.2) is 0 Å². The second-order valence-corrected chi connectivity index (χ2v) is 6.28. The summed E-state index contributed by atoms with van der Waals surface area (Å²) in [6.07, 6.45) is 0. The van der Waals surface area contributed by atoms with Crippen LogP contribution in [0.5, 0.6) is 23.0 Å². The molecule has 0 heterocycles. The highest BCUT2D eigenvalue weighted by Gasteiger charge is 2.33. The van der Waals surface area contributed by atoms with Gasteiger partial charge >= 0.3 is 5.69 Å². The van der Waals surface area contributed by atoms with E-state index in [2.05, 4.69) is 0 Å². The lowest BCUT2D eigenvalue weighted by molar-refractivity contribution is -0.386. The van der Waals surface area contributed by atoms with E-state index in [0.29, 0.717) is 5.75 Å². The Morgan fingerprint density at radius 2 is 1.62 bits per heavy atom. The molecule has 29 heavy (non-hydrogen) atoms. The van der Waals surface area contributed by atoms with Gasteiger partial charge in [0.15, 0.2) is 5.75 Å². The number of benzene rings is 2. The van der Waals surface area contributed by atoms with Gasteiger partial charge in [-0.15, -0.1) is 0 Å². The lowest BCUT2D eigenvalue weighted by Crippen LogP contribution is -2.27. The summed E-state index contributed by atoms with van der Waals surface area (Å²) in [4.78, 5) is 25.6. The molecule has 0 aliphatic carbocycles. The Morgan fingerprint density at radius 3 is 2.14 bits per heavy atom. The Bertz CT molecular complexity index is 928. The molecule has 0 spiro atoms. The molecule has 0 N–H and O–H groups in total. The van der Waals surface area contributed by atoms with E-state index in [1.807, 2.05) is 25.1 Å². The van der Waals surface area contributed by atoms with Crippen LogP contribution < -0.4 is 18.9 Å². The van der Waals surface area contributed by atoms with Crippen molar-refractivity contribution in [3.05, 3.63) is 51.1 Å². The lowest BCUT2D eigenvalue weighted by Gasteiger charge is -2.21. The number of aryl methyl sites for hydroxylation is 1. The van der Waals surface area contributed by atoms with Gasteiger partial charge in [-0.05, 0) is 13.0 Å². The van der Waals surface area contributed by atoms with Crippen molar-refractivity contribution >= 4 is 11.6 Å². The highest BCUT2D eigenvalue weighted by molar-refractivity contribution is 6.00. The predicted molar refractivity (Wildman–Crippen MR) is 106 cm³/mol. The van der Waals surface area contributed by atoms with Crippen LogP contribution in [-0.4, -0.2) is 51.2 Å². The second-order valence-electron chi connectivity index (χ2n) is 6.28. The molecule has 0 aliphatic heterocycles. The first-order valence-electron chi connectivity index (χ1n) is 8.65. The van der Waals surface area contributed by atoms with Crippen molar-refractivity contribution in [3.8, 4) is 23.0 Å². The zero-order valence-corrected chi connectivity index (χ0v) is 17.3. The topological polar surface area (TPSA) is 100 Å². The molecular weight excluding hydrogens is 380 g/mol. The van der Waals surface area contributed by atoms with Gasteiger partial charge < -0.3 is 23.8 Å². The van der Waals surface area contributed by atoms with Gasteiger partial charge in [0.25, 0.3) is 5.91 Å². The maximum Gasteiger partial charge on any atom is 0.327 e. The second kappa shape index (κ2) is 9.13. The number of amides is 1. The molecule has 0 aliphatic rings. The highest BCUT2D eigenvalue weighted by atomic mass is 16.6. The minimum atomic E-state index is -0.672. The highest BCUT2D eigenvalue weighted by Crippen LogP contribution is 2.46. The van der Waals surface area contributed by atoms with Crippen molar-refractivity contribution in [3.63, 3.8) is 0 Å². The van der Waals surface area contributed by atoms with Crippen molar-refractivity contribution in [1.82, 2.24) is 4.90 Å². The summed E-state index contributed by atoms with van der Waals surface area (Å²) in [5, 5.41) is 11.7. The van der Waals surface area contributed by atoms with Crippen LogP contribution in [-0.2, 0) is 6.54 Å². The Labute approximate surface area is 168 Å². The third kappa shape index (κ3) is 4.34. The molecule has 9 nitrogen and oxygen atoms in total. The molecule has 0 atom stereocenters. The molecule has 0 saturated carbocycles. The van der Waals surface area contributed by atoms with Crippen molar-refractivity contribution in [1.29, 1.82) is 0 Å². The number of nitro benzene ring substituents is 1. The maximum atomic E-state index is 13.1. The molecule has 0 bridgehead atoms. The number of carbonyl (C=O) groups is 1. The molecule has 156 valence electrons. The normalized spacial score (nSPS) is 10.3. The van der Waals surface area contributed by atoms with E-state index in [9.17, 15) is 14.9 Å². The molecule has 0 unspecified atom stereocenters. The summed E-state index contributed by atoms with van der Waals surface area (Å²) in [5.41, 5.74) is 1.12. The van der Waals surface area contributed by atoms with E-state index in [1.54, 1.807) is 14.2 Å². The summed E-state index contributed by atoms with van der Waals surface area (Å²) in [5.74, 6) is 0.0667. The fourth-order valence-corrected chi connectivity index (χ4v) is 3.05. The number of hydrogen-bond acceptors (Lipinski definition) is 7. The zero-order chi connectivity index (χ0) is 21.7. The molecule has 0 radical (unpaired) electrons. The number of rotatable bonds is 8. The largest absolute Gasteiger partial charge is 0.496 e. The van der Waals surface area contributed by atoms with Crippen LogP contribution in [0.3, 0.4) is 0 Å². The molecule has 2 aromatic carbocycles. The Kier molecular flexibility index (Phi) is 6.87. The smallest absolute Gasteiger partial charge is 0.327 e. The van der Waals surface area contributed by atoms with Crippen LogP contribution in [0.4, 0.5) is 5.69 Å². The van der Waals surface area contributed by atoms with Gasteiger partial charge in [-0.2, -0.15) is 0 Å². The Balaban J connectivity index is 2.54. The van der Waals surface area contributed by atoms with E-state index < -0.39 is 16.5 Å². The number of carbonyl (C=O) groups excluding carboxylic acids is 1. The molecule has 0 aromatic heterocycles. The monoisotopic (exact) mass is 404 g/mol. The fourth-order valence-electron chi connectivity index (χ4n) is 3.05. The summed E-state index contributed by atoms with van der Waals surface area (Å²) in [6, 6.07) is 6.89. The lowest BCUT2D eigenvalue weighted by atomic mass is 10.1. The molecule has 0 fully saturated rings. The predicted octanol–water partition coefficient (Wildman–Crippen LogP) is 3.21. The number of ether oxygens (including phenoxy) is 4. The third-order valence-corrected chi connectivity index (χ3v) is 4.41. The van der Waals surface area contributed by atoms with Crippen LogP contribution in [0.25, 0.3) is 0 Å². The van der Waals surface area contributed by atoms with Gasteiger partial charge in [0.05, 0.1) is 33.4 Å². The molecule has 0 saturated heterocycles. The SMILES string of the molecule is COc1ccc(C)cc1CN(C)C(=O)c1cc(OC)c(OC)c(OC)c1[N+](=O)[O-]. The molecule has 2 aromatic rings. The summed E-state index contributed by atoms with van der Waals surface area (Å²) < 4.78 is 20.9. The maximum absolute atomic E-state index is 13.1. The Morgan fingerprint density at radius 1 is 1.00 bits per heavy atom. The minimum Gasteiger partial charge on any atom is -0.496 e.